The summed E-state index contributed by atoms with van der Waals surface area (Å²) in [6.45, 7) is 6.57. The van der Waals surface area contributed by atoms with Crippen LogP contribution in [-0.2, 0) is 23.9 Å². The summed E-state index contributed by atoms with van der Waals surface area (Å²) in [7, 11) is 5.96. The van der Waals surface area contributed by atoms with Crippen LogP contribution in [0.1, 0.15) is 155 Å². The van der Waals surface area contributed by atoms with E-state index in [0.29, 0.717) is 50.2 Å². The van der Waals surface area contributed by atoms with Gasteiger partial charge in [-0.1, -0.05) is 129 Å². The van der Waals surface area contributed by atoms with Crippen LogP contribution in [-0.4, -0.2) is 94.1 Å². The predicted octanol–water partition coefficient (Wildman–Crippen LogP) is 8.31. The number of Topliss-reactive ketones (excluding diaryl/α,β-unsaturated/α-hetero) is 2. The fraction of sp³-hybridized carbons (Fsp3) is 0.919. The highest BCUT2D eigenvalue weighted by Crippen LogP contribution is 2.13. The topological polar surface area (TPSA) is 72.9 Å². The monoisotopic (exact) mass is 626 g/mol. The first-order chi connectivity index (χ1) is 21.2. The van der Waals surface area contributed by atoms with Crippen LogP contribution >= 0.6 is 0 Å². The molecule has 44 heavy (non-hydrogen) atoms. The Labute approximate surface area is 272 Å². The zero-order chi connectivity index (χ0) is 32.7. The zero-order valence-corrected chi connectivity index (χ0v) is 29.9. The average Bonchev–Trinajstić information content (AvgIpc) is 2.97. The molecule has 7 nitrogen and oxygen atoms in total. The number of carbonyl (C=O) groups is 3. The number of unbranched alkanes of at least 4 members (excludes halogenated alkanes) is 18. The lowest BCUT2D eigenvalue weighted by Crippen LogP contribution is -2.47. The lowest BCUT2D eigenvalue weighted by atomic mass is 10.1. The molecule has 260 valence electrons. The third kappa shape index (κ3) is 30.7. The molecule has 0 fully saturated rings. The number of quaternary nitrogens is 1. The van der Waals surface area contributed by atoms with Crippen molar-refractivity contribution in [3.8, 4) is 0 Å². The van der Waals surface area contributed by atoms with Crippen molar-refractivity contribution >= 4 is 17.5 Å². The summed E-state index contributed by atoms with van der Waals surface area (Å²) in [6.07, 6.45) is 26.2. The van der Waals surface area contributed by atoms with Crippen LogP contribution in [0.3, 0.4) is 0 Å². The standard InChI is InChI=1S/C37H73N2O5/c1-6-8-10-12-14-16-18-20-22-24-26-35(40)33-43-30-28-38(37(42)32-39(3,4)5)29-31-44-34-36(41)27-25-23-21-19-17-15-13-11-9-7-2/h6-34H2,1-5H3/q+1. The van der Waals surface area contributed by atoms with E-state index in [0.717, 1.165) is 25.7 Å². The second-order valence-electron chi connectivity index (χ2n) is 13.9. The van der Waals surface area contributed by atoms with Crippen molar-refractivity contribution in [1.29, 1.82) is 0 Å². The van der Waals surface area contributed by atoms with Crippen molar-refractivity contribution in [2.75, 3.05) is 67.2 Å². The Morgan fingerprint density at radius 2 is 0.818 bits per heavy atom. The first-order valence-corrected chi connectivity index (χ1v) is 18.5. The van der Waals surface area contributed by atoms with Gasteiger partial charge < -0.3 is 18.9 Å². The summed E-state index contributed by atoms with van der Waals surface area (Å²) < 4.78 is 11.8. The molecule has 0 N–H and O–H groups in total. The van der Waals surface area contributed by atoms with Crippen molar-refractivity contribution < 1.29 is 28.3 Å². The van der Waals surface area contributed by atoms with E-state index in [-0.39, 0.29) is 30.7 Å². The summed E-state index contributed by atoms with van der Waals surface area (Å²) in [5.74, 6) is 0.300. The highest BCUT2D eigenvalue weighted by molar-refractivity contribution is 5.80. The molecule has 0 saturated carbocycles. The largest absolute Gasteiger partial charge is 0.372 e. The first-order valence-electron chi connectivity index (χ1n) is 18.5. The van der Waals surface area contributed by atoms with Crippen molar-refractivity contribution in [2.24, 2.45) is 0 Å². The molecule has 0 saturated heterocycles. The van der Waals surface area contributed by atoms with Gasteiger partial charge in [0.05, 0.1) is 34.4 Å². The highest BCUT2D eigenvalue weighted by atomic mass is 16.5. The minimum absolute atomic E-state index is 0.0260. The smallest absolute Gasteiger partial charge is 0.277 e. The van der Waals surface area contributed by atoms with Gasteiger partial charge in [0, 0.05) is 25.9 Å². The van der Waals surface area contributed by atoms with Gasteiger partial charge in [-0.25, -0.2) is 0 Å². The maximum atomic E-state index is 12.9. The molecule has 1 amide bonds. The number of carbonyl (C=O) groups excluding carboxylic acids is 3. The number of hydrogen-bond donors (Lipinski definition) is 0. The quantitative estimate of drug-likeness (QED) is 0.0531. The van der Waals surface area contributed by atoms with Gasteiger partial charge in [-0.2, -0.15) is 0 Å². The number of amides is 1. The number of ether oxygens (including phenoxy) is 2. The molecule has 0 bridgehead atoms. The Kier molecular flexibility index (Phi) is 29.4. The maximum Gasteiger partial charge on any atom is 0.277 e. The molecule has 0 aliphatic rings. The molecule has 0 aliphatic heterocycles. The molecule has 0 rings (SSSR count). The summed E-state index contributed by atoms with van der Waals surface area (Å²) in [6, 6.07) is 0. The van der Waals surface area contributed by atoms with Gasteiger partial charge in [0.2, 0.25) is 0 Å². The van der Waals surface area contributed by atoms with Gasteiger partial charge in [0.25, 0.3) is 5.91 Å². The molecule has 0 radical (unpaired) electrons. The van der Waals surface area contributed by atoms with Crippen molar-refractivity contribution in [1.82, 2.24) is 4.90 Å². The van der Waals surface area contributed by atoms with Crippen LogP contribution in [0, 0.1) is 0 Å². The van der Waals surface area contributed by atoms with Crippen LogP contribution in [0.2, 0.25) is 0 Å². The van der Waals surface area contributed by atoms with Crippen molar-refractivity contribution in [2.45, 2.75) is 155 Å². The van der Waals surface area contributed by atoms with Gasteiger partial charge in [-0.3, -0.25) is 14.4 Å². The molecular weight excluding hydrogens is 552 g/mol. The van der Waals surface area contributed by atoms with Crippen LogP contribution in [0.4, 0.5) is 0 Å². The van der Waals surface area contributed by atoms with Crippen molar-refractivity contribution in [3.63, 3.8) is 0 Å². The normalized spacial score (nSPS) is 11.7. The molecule has 0 aromatic carbocycles. The first kappa shape index (κ1) is 42.7. The van der Waals surface area contributed by atoms with Crippen LogP contribution < -0.4 is 0 Å². The molecule has 0 unspecified atom stereocenters. The number of rotatable bonds is 34. The van der Waals surface area contributed by atoms with Gasteiger partial charge >= 0.3 is 0 Å². The number of nitrogens with zero attached hydrogens (tertiary/aromatic N) is 2. The molecular formula is C37H73N2O5+. The van der Waals surface area contributed by atoms with E-state index < -0.39 is 0 Å². The third-order valence-corrected chi connectivity index (χ3v) is 8.12. The van der Waals surface area contributed by atoms with E-state index in [1.807, 2.05) is 21.1 Å². The summed E-state index contributed by atoms with van der Waals surface area (Å²) in [4.78, 5) is 39.1. The van der Waals surface area contributed by atoms with E-state index in [1.54, 1.807) is 4.90 Å². The number of likely N-dealkylation sites (N-methyl/N-ethyl adjacent to an activating group) is 1. The highest BCUT2D eigenvalue weighted by Gasteiger charge is 2.21. The Hall–Kier alpha value is -1.31. The van der Waals surface area contributed by atoms with E-state index in [1.165, 1.54) is 103 Å². The van der Waals surface area contributed by atoms with Gasteiger partial charge in [0.15, 0.2) is 18.1 Å². The van der Waals surface area contributed by atoms with E-state index in [2.05, 4.69) is 13.8 Å². The predicted molar refractivity (Wildman–Crippen MR) is 184 cm³/mol. The molecule has 0 aromatic rings. The van der Waals surface area contributed by atoms with E-state index in [4.69, 9.17) is 9.47 Å². The minimum atomic E-state index is 0.0260. The molecule has 0 atom stereocenters. The Balaban J connectivity index is 4.05. The molecule has 0 heterocycles. The summed E-state index contributed by atoms with van der Waals surface area (Å²) >= 11 is 0. The molecule has 0 aromatic heterocycles. The second kappa shape index (κ2) is 30.3. The molecule has 0 aliphatic carbocycles. The van der Waals surface area contributed by atoms with E-state index in [9.17, 15) is 14.4 Å². The lowest BCUT2D eigenvalue weighted by molar-refractivity contribution is -0.862. The maximum absolute atomic E-state index is 12.9. The number of ketones is 2. The fourth-order valence-electron chi connectivity index (χ4n) is 5.35. The number of hydrogen-bond acceptors (Lipinski definition) is 5. The SMILES string of the molecule is CCCCCCCCCCCCC(=O)COCCN(CCOCC(=O)CCCCCCCCCCCC)C(=O)C[N+](C)(C)C. The average molecular weight is 626 g/mol. The molecule has 7 heteroatoms. The van der Waals surface area contributed by atoms with Crippen LogP contribution in [0.25, 0.3) is 0 Å². The van der Waals surface area contributed by atoms with Gasteiger partial charge in [-0.05, 0) is 12.8 Å². The third-order valence-electron chi connectivity index (χ3n) is 8.12. The second-order valence-corrected chi connectivity index (χ2v) is 13.9. The minimum Gasteiger partial charge on any atom is -0.372 e. The fourth-order valence-corrected chi connectivity index (χ4v) is 5.35. The molecule has 0 spiro atoms. The van der Waals surface area contributed by atoms with Gasteiger partial charge in [-0.15, -0.1) is 0 Å². The Morgan fingerprint density at radius 1 is 0.500 bits per heavy atom. The Bertz CT molecular complexity index is 648. The van der Waals surface area contributed by atoms with E-state index >= 15 is 0 Å². The van der Waals surface area contributed by atoms with Crippen LogP contribution in [0.15, 0.2) is 0 Å². The Morgan fingerprint density at radius 3 is 1.14 bits per heavy atom. The summed E-state index contributed by atoms with van der Waals surface area (Å²) in [5.41, 5.74) is 0. The summed E-state index contributed by atoms with van der Waals surface area (Å²) in [5, 5.41) is 0. The van der Waals surface area contributed by atoms with Crippen molar-refractivity contribution in [3.05, 3.63) is 0 Å². The van der Waals surface area contributed by atoms with Gasteiger partial charge in [0.1, 0.15) is 13.2 Å². The van der Waals surface area contributed by atoms with Crippen LogP contribution in [0.5, 0.6) is 0 Å². The lowest BCUT2D eigenvalue weighted by Gasteiger charge is -2.28. The zero-order valence-electron chi connectivity index (χ0n) is 29.9.